The molecule has 0 aliphatic carbocycles. The zero-order valence-corrected chi connectivity index (χ0v) is 11.9. The van der Waals surface area contributed by atoms with Crippen LogP contribution < -0.4 is 11.1 Å². The molecule has 0 saturated heterocycles. The van der Waals surface area contributed by atoms with Crippen LogP contribution in [-0.2, 0) is 16.0 Å². The number of nitrogens with one attached hydrogen (secondary N) is 2. The standard InChI is InChI=1S/C15H18N4O3/c16-12(10-4-2-1-3-5-10)7-14(20)19-13(15(21)22)6-11-8-17-9-18-11/h1-5,8-9,12-13H,6-7,16H2,(H,17,18)(H,19,20)(H,21,22)/t12-,13+/m1/s1. The Bertz CT molecular complexity index is 613. The number of hydrogen-bond donors (Lipinski definition) is 4. The minimum absolute atomic E-state index is 0.0246. The Morgan fingerprint density at radius 2 is 2.05 bits per heavy atom. The first kappa shape index (κ1) is 15.7. The highest BCUT2D eigenvalue weighted by atomic mass is 16.4. The quantitative estimate of drug-likeness (QED) is 0.597. The Kier molecular flexibility index (Phi) is 5.26. The Balaban J connectivity index is 1.92. The molecule has 2 atom stereocenters. The van der Waals surface area contributed by atoms with Gasteiger partial charge in [0.25, 0.3) is 0 Å². The lowest BCUT2D eigenvalue weighted by molar-refractivity contribution is -0.141. The van der Waals surface area contributed by atoms with E-state index >= 15 is 0 Å². The van der Waals surface area contributed by atoms with Crippen LogP contribution in [0.15, 0.2) is 42.9 Å². The average molecular weight is 302 g/mol. The molecular weight excluding hydrogens is 284 g/mol. The number of nitrogens with two attached hydrogens (primary N) is 1. The first-order valence-electron chi connectivity index (χ1n) is 6.86. The summed E-state index contributed by atoms with van der Waals surface area (Å²) in [5, 5.41) is 11.7. The van der Waals surface area contributed by atoms with Gasteiger partial charge in [-0.05, 0) is 5.56 Å². The van der Waals surface area contributed by atoms with E-state index in [1.165, 1.54) is 12.5 Å². The summed E-state index contributed by atoms with van der Waals surface area (Å²) < 4.78 is 0. The van der Waals surface area contributed by atoms with E-state index in [4.69, 9.17) is 5.73 Å². The molecule has 0 aliphatic rings. The molecule has 0 bridgehead atoms. The second kappa shape index (κ2) is 7.37. The van der Waals surface area contributed by atoms with E-state index in [1.807, 2.05) is 30.3 Å². The molecule has 0 radical (unpaired) electrons. The minimum atomic E-state index is -1.10. The number of hydrogen-bond acceptors (Lipinski definition) is 4. The highest BCUT2D eigenvalue weighted by Gasteiger charge is 2.22. The molecule has 7 nitrogen and oxygen atoms in total. The molecule has 0 spiro atoms. The Hall–Kier alpha value is -2.67. The summed E-state index contributed by atoms with van der Waals surface area (Å²) in [6.45, 7) is 0. The molecule has 22 heavy (non-hydrogen) atoms. The molecular formula is C15H18N4O3. The molecule has 5 N–H and O–H groups in total. The number of imidazole rings is 1. The van der Waals surface area contributed by atoms with Gasteiger partial charge in [0, 0.05) is 30.8 Å². The van der Waals surface area contributed by atoms with E-state index in [1.54, 1.807) is 0 Å². The van der Waals surface area contributed by atoms with Crippen LogP contribution in [0.1, 0.15) is 23.7 Å². The van der Waals surface area contributed by atoms with Crippen LogP contribution in [0.2, 0.25) is 0 Å². The SMILES string of the molecule is N[C@H](CC(=O)N[C@@H](Cc1cnc[nH]1)C(=O)O)c1ccccc1. The van der Waals surface area contributed by atoms with Gasteiger partial charge in [0.05, 0.1) is 6.33 Å². The topological polar surface area (TPSA) is 121 Å². The second-order valence-corrected chi connectivity index (χ2v) is 4.96. The summed E-state index contributed by atoms with van der Waals surface area (Å²) >= 11 is 0. The van der Waals surface area contributed by atoms with Crippen molar-refractivity contribution in [2.45, 2.75) is 24.9 Å². The Labute approximate surface area is 127 Å². The van der Waals surface area contributed by atoms with E-state index in [-0.39, 0.29) is 12.8 Å². The van der Waals surface area contributed by atoms with Crippen molar-refractivity contribution in [3.63, 3.8) is 0 Å². The maximum atomic E-state index is 12.0. The lowest BCUT2D eigenvalue weighted by Gasteiger charge is -2.16. The lowest BCUT2D eigenvalue weighted by atomic mass is 10.0. The van der Waals surface area contributed by atoms with E-state index in [0.717, 1.165) is 5.56 Å². The Morgan fingerprint density at radius 3 is 2.64 bits per heavy atom. The van der Waals surface area contributed by atoms with Gasteiger partial charge in [-0.15, -0.1) is 0 Å². The van der Waals surface area contributed by atoms with Gasteiger partial charge in [-0.3, -0.25) is 4.79 Å². The van der Waals surface area contributed by atoms with Crippen LogP contribution >= 0.6 is 0 Å². The summed E-state index contributed by atoms with van der Waals surface area (Å²) in [6.07, 6.45) is 3.15. The van der Waals surface area contributed by atoms with E-state index in [0.29, 0.717) is 5.69 Å². The zero-order chi connectivity index (χ0) is 15.9. The summed E-state index contributed by atoms with van der Waals surface area (Å²) in [6, 6.07) is 7.71. The number of aliphatic carboxylic acids is 1. The molecule has 7 heteroatoms. The summed E-state index contributed by atoms with van der Waals surface area (Å²) in [7, 11) is 0. The molecule has 116 valence electrons. The predicted octanol–water partition coefficient (Wildman–Crippen LogP) is 0.612. The molecule has 2 rings (SSSR count). The van der Waals surface area contributed by atoms with Crippen LogP contribution in [0.3, 0.4) is 0 Å². The highest BCUT2D eigenvalue weighted by molar-refractivity contribution is 5.84. The van der Waals surface area contributed by atoms with Crippen LogP contribution in [-0.4, -0.2) is 33.0 Å². The first-order valence-corrected chi connectivity index (χ1v) is 6.86. The first-order chi connectivity index (χ1) is 10.6. The fourth-order valence-corrected chi connectivity index (χ4v) is 2.09. The third-order valence-corrected chi connectivity index (χ3v) is 3.25. The zero-order valence-electron chi connectivity index (χ0n) is 11.9. The van der Waals surface area contributed by atoms with Gasteiger partial charge in [0.1, 0.15) is 6.04 Å². The summed E-state index contributed by atoms with van der Waals surface area (Å²) in [5.74, 6) is -1.50. The Morgan fingerprint density at radius 1 is 1.32 bits per heavy atom. The fraction of sp³-hybridized carbons (Fsp3) is 0.267. The largest absolute Gasteiger partial charge is 0.480 e. The van der Waals surface area contributed by atoms with Gasteiger partial charge in [0.15, 0.2) is 0 Å². The normalized spacial score (nSPS) is 13.3. The number of aromatic nitrogens is 2. The van der Waals surface area contributed by atoms with E-state index in [9.17, 15) is 14.7 Å². The lowest BCUT2D eigenvalue weighted by Crippen LogP contribution is -2.43. The van der Waals surface area contributed by atoms with Crippen molar-refractivity contribution in [3.8, 4) is 0 Å². The highest BCUT2D eigenvalue weighted by Crippen LogP contribution is 2.13. The van der Waals surface area contributed by atoms with Crippen molar-refractivity contribution >= 4 is 11.9 Å². The van der Waals surface area contributed by atoms with Crippen molar-refractivity contribution in [2.24, 2.45) is 5.73 Å². The molecule has 1 aromatic carbocycles. The van der Waals surface area contributed by atoms with Gasteiger partial charge in [-0.1, -0.05) is 30.3 Å². The van der Waals surface area contributed by atoms with Crippen molar-refractivity contribution in [1.29, 1.82) is 0 Å². The van der Waals surface area contributed by atoms with Crippen molar-refractivity contribution in [1.82, 2.24) is 15.3 Å². The van der Waals surface area contributed by atoms with Gasteiger partial charge in [-0.2, -0.15) is 0 Å². The number of rotatable bonds is 7. The number of carbonyl (C=O) groups is 2. The van der Waals surface area contributed by atoms with Gasteiger partial charge in [-0.25, -0.2) is 9.78 Å². The van der Waals surface area contributed by atoms with Crippen LogP contribution in [0.25, 0.3) is 0 Å². The van der Waals surface area contributed by atoms with Crippen molar-refractivity contribution < 1.29 is 14.7 Å². The number of carboxylic acid groups (broad SMARTS) is 1. The second-order valence-electron chi connectivity index (χ2n) is 4.96. The summed E-state index contributed by atoms with van der Waals surface area (Å²) in [5.41, 5.74) is 7.43. The van der Waals surface area contributed by atoms with Crippen LogP contribution in [0.4, 0.5) is 0 Å². The number of amides is 1. The van der Waals surface area contributed by atoms with Gasteiger partial charge < -0.3 is 21.1 Å². The minimum Gasteiger partial charge on any atom is -0.480 e. The number of aromatic amines is 1. The third kappa shape index (κ3) is 4.42. The maximum Gasteiger partial charge on any atom is 0.326 e. The number of carbonyl (C=O) groups excluding carboxylic acids is 1. The number of carboxylic acids is 1. The summed E-state index contributed by atoms with van der Waals surface area (Å²) in [4.78, 5) is 29.9. The maximum absolute atomic E-state index is 12.0. The van der Waals surface area contributed by atoms with Crippen LogP contribution in [0.5, 0.6) is 0 Å². The number of benzene rings is 1. The molecule has 0 saturated carbocycles. The fourth-order valence-electron chi connectivity index (χ4n) is 2.09. The third-order valence-electron chi connectivity index (χ3n) is 3.25. The molecule has 0 fully saturated rings. The molecule has 1 amide bonds. The number of H-pyrrole nitrogens is 1. The molecule has 1 aromatic heterocycles. The van der Waals surface area contributed by atoms with Crippen molar-refractivity contribution in [2.75, 3.05) is 0 Å². The van der Waals surface area contributed by atoms with Gasteiger partial charge >= 0.3 is 5.97 Å². The molecule has 0 aliphatic heterocycles. The molecule has 0 unspecified atom stereocenters. The molecule has 1 heterocycles. The van der Waals surface area contributed by atoms with Gasteiger partial charge in [0.2, 0.25) is 5.91 Å². The monoisotopic (exact) mass is 302 g/mol. The molecule has 2 aromatic rings. The average Bonchev–Trinajstić information content (AvgIpc) is 3.00. The smallest absolute Gasteiger partial charge is 0.326 e. The predicted molar refractivity (Wildman–Crippen MR) is 79.8 cm³/mol. The van der Waals surface area contributed by atoms with E-state index in [2.05, 4.69) is 15.3 Å². The van der Waals surface area contributed by atoms with E-state index < -0.39 is 24.0 Å². The van der Waals surface area contributed by atoms with Crippen molar-refractivity contribution in [3.05, 3.63) is 54.1 Å². The van der Waals surface area contributed by atoms with Crippen LogP contribution in [0, 0.1) is 0 Å². The number of nitrogens with zero attached hydrogens (tertiary/aromatic N) is 1.